The number of benzene rings is 1. The van der Waals surface area contributed by atoms with Crippen LogP contribution in [0.25, 0.3) is 0 Å². The normalized spacial score (nSPS) is 16.6. The van der Waals surface area contributed by atoms with Gasteiger partial charge < -0.3 is 14.8 Å². The van der Waals surface area contributed by atoms with Crippen LogP contribution in [0, 0.1) is 11.7 Å². The highest BCUT2D eigenvalue weighted by molar-refractivity contribution is 5.94. The molecule has 0 radical (unpaired) electrons. The van der Waals surface area contributed by atoms with E-state index in [-0.39, 0.29) is 23.5 Å². The van der Waals surface area contributed by atoms with E-state index in [0.717, 1.165) is 36.5 Å². The molecule has 142 valence electrons. The lowest BCUT2D eigenvalue weighted by atomic mass is 9.85. The molecule has 1 aliphatic carbocycles. The molecule has 0 unspecified atom stereocenters. The third-order valence-electron chi connectivity index (χ3n) is 5.62. The van der Waals surface area contributed by atoms with Gasteiger partial charge in [0.2, 0.25) is 5.91 Å². The summed E-state index contributed by atoms with van der Waals surface area (Å²) in [5, 5.41) is 2.98. The Hall–Kier alpha value is -2.70. The van der Waals surface area contributed by atoms with Crippen molar-refractivity contribution in [1.29, 1.82) is 0 Å². The van der Waals surface area contributed by atoms with E-state index >= 15 is 0 Å². The second-order valence-corrected chi connectivity index (χ2v) is 7.31. The number of amides is 2. The van der Waals surface area contributed by atoms with E-state index < -0.39 is 0 Å². The molecule has 0 spiro atoms. The van der Waals surface area contributed by atoms with Crippen molar-refractivity contribution in [3.63, 3.8) is 0 Å². The Kier molecular flexibility index (Phi) is 4.68. The highest BCUT2D eigenvalue weighted by Gasteiger charge is 2.28. The van der Waals surface area contributed by atoms with Crippen molar-refractivity contribution >= 4 is 11.8 Å². The van der Waals surface area contributed by atoms with Crippen LogP contribution in [0.3, 0.4) is 0 Å². The first kappa shape index (κ1) is 17.7. The molecule has 1 saturated carbocycles. The van der Waals surface area contributed by atoms with Gasteiger partial charge in [-0.1, -0.05) is 6.42 Å². The number of carbonyl (C=O) groups excluding carboxylic acids is 2. The first-order valence-electron chi connectivity index (χ1n) is 9.39. The number of nitrogens with zero attached hydrogens (tertiary/aromatic N) is 3. The minimum absolute atomic E-state index is 0.107. The Labute approximate surface area is 157 Å². The zero-order valence-electron chi connectivity index (χ0n) is 15.4. The highest BCUT2D eigenvalue weighted by Crippen LogP contribution is 2.26. The molecule has 1 aromatic carbocycles. The molecule has 2 heterocycles. The van der Waals surface area contributed by atoms with Gasteiger partial charge in [-0.05, 0) is 37.1 Å². The van der Waals surface area contributed by atoms with Crippen molar-refractivity contribution < 1.29 is 14.0 Å². The molecule has 1 aromatic heterocycles. The van der Waals surface area contributed by atoms with Gasteiger partial charge in [-0.15, -0.1) is 0 Å². The third kappa shape index (κ3) is 3.46. The predicted molar refractivity (Wildman–Crippen MR) is 97.2 cm³/mol. The summed E-state index contributed by atoms with van der Waals surface area (Å²) >= 11 is 0. The number of aromatic nitrogens is 2. The Morgan fingerprint density at radius 1 is 1.26 bits per heavy atom. The smallest absolute Gasteiger partial charge is 0.254 e. The number of hydrogen-bond acceptors (Lipinski definition) is 3. The molecule has 27 heavy (non-hydrogen) atoms. The summed E-state index contributed by atoms with van der Waals surface area (Å²) in [5.41, 5.74) is 2.45. The Morgan fingerprint density at radius 3 is 2.67 bits per heavy atom. The molecule has 0 bridgehead atoms. The fraction of sp³-hybridized carbons (Fsp3) is 0.450. The van der Waals surface area contributed by atoms with E-state index in [2.05, 4.69) is 10.3 Å². The summed E-state index contributed by atoms with van der Waals surface area (Å²) in [6.45, 7) is 1.45. The zero-order valence-corrected chi connectivity index (χ0v) is 15.4. The summed E-state index contributed by atoms with van der Waals surface area (Å²) in [7, 11) is 1.92. The van der Waals surface area contributed by atoms with Crippen LogP contribution < -0.4 is 5.32 Å². The summed E-state index contributed by atoms with van der Waals surface area (Å²) in [5.74, 6) is 0.609. The Morgan fingerprint density at radius 2 is 2.00 bits per heavy atom. The maximum Gasteiger partial charge on any atom is 0.254 e. The number of carbonyl (C=O) groups is 2. The van der Waals surface area contributed by atoms with Crippen molar-refractivity contribution in [3.05, 3.63) is 52.9 Å². The van der Waals surface area contributed by atoms with Crippen molar-refractivity contribution in [2.24, 2.45) is 13.0 Å². The largest absolute Gasteiger partial charge is 0.349 e. The lowest BCUT2D eigenvalue weighted by Crippen LogP contribution is -2.36. The fourth-order valence-corrected chi connectivity index (χ4v) is 3.63. The molecule has 0 atom stereocenters. The van der Waals surface area contributed by atoms with Gasteiger partial charge in [-0.25, -0.2) is 9.37 Å². The third-order valence-corrected chi connectivity index (χ3v) is 5.62. The standard InChI is InChI=1S/C20H23FN4O2/c1-24-17-12-25(20(27)14-5-7-15(21)8-6-14)10-9-16(17)23-18(24)11-22-19(26)13-3-2-4-13/h5-8,13H,2-4,9-12H2,1H3,(H,22,26). The van der Waals surface area contributed by atoms with Gasteiger partial charge in [0.1, 0.15) is 11.6 Å². The van der Waals surface area contributed by atoms with E-state index in [1.165, 1.54) is 24.3 Å². The number of rotatable bonds is 4. The Bertz CT molecular complexity index is 871. The molecule has 1 aliphatic heterocycles. The van der Waals surface area contributed by atoms with Crippen LogP contribution in [0.15, 0.2) is 24.3 Å². The first-order valence-corrected chi connectivity index (χ1v) is 9.39. The molecule has 7 heteroatoms. The molecule has 1 fully saturated rings. The van der Waals surface area contributed by atoms with Gasteiger partial charge in [0, 0.05) is 31.5 Å². The van der Waals surface area contributed by atoms with Crippen molar-refractivity contribution in [2.45, 2.75) is 38.8 Å². The van der Waals surface area contributed by atoms with E-state index in [1.807, 2.05) is 11.6 Å². The topological polar surface area (TPSA) is 67.2 Å². The van der Waals surface area contributed by atoms with Gasteiger partial charge in [-0.2, -0.15) is 0 Å². The Balaban J connectivity index is 1.44. The lowest BCUT2D eigenvalue weighted by Gasteiger charge is -2.27. The average Bonchev–Trinajstić information content (AvgIpc) is 2.94. The number of halogens is 1. The number of hydrogen-bond donors (Lipinski definition) is 1. The van der Waals surface area contributed by atoms with E-state index in [9.17, 15) is 14.0 Å². The number of fused-ring (bicyclic) bond motifs is 1. The van der Waals surface area contributed by atoms with Gasteiger partial charge in [-0.3, -0.25) is 9.59 Å². The fourth-order valence-electron chi connectivity index (χ4n) is 3.63. The number of imidazole rings is 1. The molecule has 4 rings (SSSR count). The quantitative estimate of drug-likeness (QED) is 0.897. The van der Waals surface area contributed by atoms with Crippen LogP contribution in [-0.2, 0) is 31.4 Å². The second-order valence-electron chi connectivity index (χ2n) is 7.31. The molecule has 6 nitrogen and oxygen atoms in total. The number of nitrogens with one attached hydrogen (secondary N) is 1. The predicted octanol–water partition coefficient (Wildman–Crippen LogP) is 2.17. The molecule has 1 N–H and O–H groups in total. The van der Waals surface area contributed by atoms with Crippen LogP contribution in [0.4, 0.5) is 4.39 Å². The molecular formula is C20H23FN4O2. The van der Waals surface area contributed by atoms with Crippen LogP contribution in [0.2, 0.25) is 0 Å². The summed E-state index contributed by atoms with van der Waals surface area (Å²) in [4.78, 5) is 31.2. The van der Waals surface area contributed by atoms with E-state index in [1.54, 1.807) is 4.90 Å². The molecule has 0 saturated heterocycles. The average molecular weight is 370 g/mol. The minimum atomic E-state index is -0.354. The van der Waals surface area contributed by atoms with Gasteiger partial charge in [0.15, 0.2) is 0 Å². The lowest BCUT2D eigenvalue weighted by molar-refractivity contribution is -0.127. The van der Waals surface area contributed by atoms with Gasteiger partial charge in [0.05, 0.1) is 24.5 Å². The van der Waals surface area contributed by atoms with Crippen LogP contribution >= 0.6 is 0 Å². The summed E-state index contributed by atoms with van der Waals surface area (Å²) in [6.07, 6.45) is 3.76. The van der Waals surface area contributed by atoms with E-state index in [4.69, 9.17) is 0 Å². The second kappa shape index (κ2) is 7.13. The van der Waals surface area contributed by atoms with Crippen molar-refractivity contribution in [1.82, 2.24) is 19.8 Å². The van der Waals surface area contributed by atoms with Crippen LogP contribution in [0.1, 0.15) is 46.8 Å². The van der Waals surface area contributed by atoms with Gasteiger partial charge >= 0.3 is 0 Å². The zero-order chi connectivity index (χ0) is 19.0. The molecule has 2 aliphatic rings. The first-order chi connectivity index (χ1) is 13.0. The molecule has 2 amide bonds. The maximum atomic E-state index is 13.1. The monoisotopic (exact) mass is 370 g/mol. The highest BCUT2D eigenvalue weighted by atomic mass is 19.1. The molecule has 2 aromatic rings. The SMILES string of the molecule is Cn1c(CNC(=O)C2CCC2)nc2c1CN(C(=O)c1ccc(F)cc1)CC2. The summed E-state index contributed by atoms with van der Waals surface area (Å²) in [6, 6.07) is 5.63. The van der Waals surface area contributed by atoms with Crippen LogP contribution in [-0.4, -0.2) is 32.8 Å². The van der Waals surface area contributed by atoms with E-state index in [0.29, 0.717) is 31.6 Å². The van der Waals surface area contributed by atoms with Crippen molar-refractivity contribution in [3.8, 4) is 0 Å². The summed E-state index contributed by atoms with van der Waals surface area (Å²) < 4.78 is 15.1. The maximum absolute atomic E-state index is 13.1. The molecular weight excluding hydrogens is 347 g/mol. The van der Waals surface area contributed by atoms with Crippen LogP contribution in [0.5, 0.6) is 0 Å². The minimum Gasteiger partial charge on any atom is -0.349 e. The van der Waals surface area contributed by atoms with Gasteiger partial charge in [0.25, 0.3) is 5.91 Å². The van der Waals surface area contributed by atoms with Crippen molar-refractivity contribution in [2.75, 3.05) is 6.54 Å².